The number of hydrogen-bond donors (Lipinski definition) is 1. The summed E-state index contributed by atoms with van der Waals surface area (Å²) in [7, 11) is -4.19. The molecule has 3 aromatic heterocycles. The zero-order valence-corrected chi connectivity index (χ0v) is 16.9. The molecule has 1 N–H and O–H groups in total. The Hall–Kier alpha value is -3.80. The number of alkyl halides is 3. The highest BCUT2D eigenvalue weighted by Gasteiger charge is 2.32. The molecule has 1 aromatic carbocycles. The molecule has 0 unspecified atom stereocenters. The first-order valence-corrected chi connectivity index (χ1v) is 10.6. The van der Waals surface area contributed by atoms with Crippen molar-refractivity contribution >= 4 is 21.5 Å². The van der Waals surface area contributed by atoms with E-state index < -0.39 is 32.4 Å². The zero-order valence-electron chi connectivity index (χ0n) is 16.1. The van der Waals surface area contributed by atoms with Crippen LogP contribution in [-0.2, 0) is 22.6 Å². The number of nitrogens with one attached hydrogen (secondary N) is 1. The van der Waals surface area contributed by atoms with Crippen LogP contribution in [0.25, 0.3) is 5.78 Å². The first kappa shape index (κ1) is 21.4. The van der Waals surface area contributed by atoms with Crippen molar-refractivity contribution in [2.75, 3.05) is 0 Å². The molecular weight excluding hydrogens is 447 g/mol. The number of carbonyl (C=O) groups excluding carboxylic acids is 1. The van der Waals surface area contributed by atoms with Crippen molar-refractivity contribution in [2.24, 2.45) is 0 Å². The van der Waals surface area contributed by atoms with E-state index in [0.717, 1.165) is 24.4 Å². The van der Waals surface area contributed by atoms with E-state index in [2.05, 4.69) is 20.3 Å². The molecule has 0 aliphatic heterocycles. The smallest absolute Gasteiger partial charge is 0.346 e. The highest BCUT2D eigenvalue weighted by Crippen LogP contribution is 2.31. The van der Waals surface area contributed by atoms with Gasteiger partial charge in [0.2, 0.25) is 15.6 Å². The molecule has 0 bridgehead atoms. The molecule has 4 aromatic rings. The third-order valence-electron chi connectivity index (χ3n) is 4.52. The van der Waals surface area contributed by atoms with Gasteiger partial charge in [-0.15, -0.1) is 0 Å². The number of halogens is 3. The van der Waals surface area contributed by atoms with E-state index in [4.69, 9.17) is 0 Å². The van der Waals surface area contributed by atoms with Gasteiger partial charge in [-0.3, -0.25) is 14.2 Å². The first-order valence-electron chi connectivity index (χ1n) is 9.09. The number of imidazole rings is 1. The highest BCUT2D eigenvalue weighted by molar-refractivity contribution is 7.91. The molecule has 0 spiro atoms. The number of aromatic nitrogens is 4. The number of nitrogens with zero attached hydrogens (tertiary/aromatic N) is 4. The molecule has 3 heterocycles. The van der Waals surface area contributed by atoms with Gasteiger partial charge in [0.1, 0.15) is 0 Å². The number of carbonyl (C=O) groups is 1. The van der Waals surface area contributed by atoms with Crippen LogP contribution >= 0.6 is 0 Å². The second-order valence-electron chi connectivity index (χ2n) is 6.67. The molecule has 0 aliphatic carbocycles. The summed E-state index contributed by atoms with van der Waals surface area (Å²) in [6.07, 6.45) is 2.49. The molecule has 12 heteroatoms. The van der Waals surface area contributed by atoms with E-state index in [9.17, 15) is 26.4 Å². The summed E-state index contributed by atoms with van der Waals surface area (Å²) in [6, 6.07) is 6.09. The number of sulfone groups is 1. The molecular formula is C20H14F3N5O3S. The van der Waals surface area contributed by atoms with Crippen molar-refractivity contribution in [1.82, 2.24) is 24.7 Å². The Kier molecular flexibility index (Phi) is 5.38. The van der Waals surface area contributed by atoms with Gasteiger partial charge in [0.15, 0.2) is 0 Å². The molecule has 0 aliphatic rings. The number of benzene rings is 1. The van der Waals surface area contributed by atoms with Gasteiger partial charge in [0.05, 0.1) is 33.2 Å². The van der Waals surface area contributed by atoms with Crippen LogP contribution in [0.1, 0.15) is 21.6 Å². The van der Waals surface area contributed by atoms with Crippen molar-refractivity contribution in [3.05, 3.63) is 84.2 Å². The van der Waals surface area contributed by atoms with Gasteiger partial charge in [-0.05, 0) is 30.3 Å². The van der Waals surface area contributed by atoms with E-state index in [-0.39, 0.29) is 11.4 Å². The van der Waals surface area contributed by atoms with Crippen LogP contribution < -0.4 is 5.32 Å². The van der Waals surface area contributed by atoms with Crippen molar-refractivity contribution < 1.29 is 26.4 Å². The first-order chi connectivity index (χ1) is 15.1. The summed E-state index contributed by atoms with van der Waals surface area (Å²) in [6.45, 7) is 0.00465. The van der Waals surface area contributed by atoms with Crippen molar-refractivity contribution in [2.45, 2.75) is 22.5 Å². The SMILES string of the molecule is O=C(NCc1ccc(S(=O)(=O)c2cccc(C(F)(F)F)c2)cn1)c1cnc2nccn2c1. The van der Waals surface area contributed by atoms with Crippen LogP contribution in [-0.4, -0.2) is 33.7 Å². The zero-order chi connectivity index (χ0) is 22.9. The summed E-state index contributed by atoms with van der Waals surface area (Å²) in [5.41, 5.74) is -0.411. The molecule has 32 heavy (non-hydrogen) atoms. The van der Waals surface area contributed by atoms with E-state index in [0.29, 0.717) is 23.1 Å². The molecule has 0 saturated carbocycles. The molecule has 1 amide bonds. The summed E-state index contributed by atoms with van der Waals surface area (Å²) in [5, 5.41) is 2.64. The highest BCUT2D eigenvalue weighted by atomic mass is 32.2. The lowest BCUT2D eigenvalue weighted by atomic mass is 10.2. The van der Waals surface area contributed by atoms with Crippen LogP contribution in [0.4, 0.5) is 13.2 Å². The van der Waals surface area contributed by atoms with E-state index in [1.165, 1.54) is 18.3 Å². The van der Waals surface area contributed by atoms with Crippen molar-refractivity contribution in [3.8, 4) is 0 Å². The normalized spacial score (nSPS) is 12.1. The average Bonchev–Trinajstić information content (AvgIpc) is 3.25. The number of amides is 1. The van der Waals surface area contributed by atoms with Gasteiger partial charge in [-0.1, -0.05) is 6.07 Å². The van der Waals surface area contributed by atoms with Gasteiger partial charge in [-0.2, -0.15) is 13.2 Å². The number of rotatable bonds is 5. The minimum atomic E-state index is -4.66. The molecule has 0 atom stereocenters. The molecule has 8 nitrogen and oxygen atoms in total. The van der Waals surface area contributed by atoms with Gasteiger partial charge in [0, 0.05) is 31.0 Å². The van der Waals surface area contributed by atoms with Crippen LogP contribution in [0.15, 0.2) is 77.2 Å². The maximum absolute atomic E-state index is 12.9. The molecule has 4 rings (SSSR count). The summed E-state index contributed by atoms with van der Waals surface area (Å²) in [5.74, 6) is 0.0244. The molecule has 0 fully saturated rings. The molecule has 0 radical (unpaired) electrons. The summed E-state index contributed by atoms with van der Waals surface area (Å²) < 4.78 is 65.6. The Morgan fingerprint density at radius 3 is 2.56 bits per heavy atom. The Bertz CT molecular complexity index is 1400. The fraction of sp³-hybridized carbons (Fsp3) is 0.100. The minimum Gasteiger partial charge on any atom is -0.346 e. The van der Waals surface area contributed by atoms with Gasteiger partial charge < -0.3 is 5.32 Å². The fourth-order valence-corrected chi connectivity index (χ4v) is 4.11. The summed E-state index contributed by atoms with van der Waals surface area (Å²) >= 11 is 0. The Morgan fingerprint density at radius 1 is 1.03 bits per heavy atom. The van der Waals surface area contributed by atoms with Crippen molar-refractivity contribution in [3.63, 3.8) is 0 Å². The van der Waals surface area contributed by atoms with Crippen LogP contribution in [0.5, 0.6) is 0 Å². The molecule has 164 valence electrons. The van der Waals surface area contributed by atoms with Gasteiger partial charge in [-0.25, -0.2) is 18.4 Å². The fourth-order valence-electron chi connectivity index (χ4n) is 2.86. The lowest BCUT2D eigenvalue weighted by molar-refractivity contribution is -0.137. The third kappa shape index (κ3) is 4.30. The predicted molar refractivity (Wildman–Crippen MR) is 105 cm³/mol. The Morgan fingerprint density at radius 2 is 1.84 bits per heavy atom. The lowest BCUT2D eigenvalue weighted by Crippen LogP contribution is -2.23. The maximum atomic E-state index is 12.9. The monoisotopic (exact) mass is 461 g/mol. The van der Waals surface area contributed by atoms with Crippen molar-refractivity contribution in [1.29, 1.82) is 0 Å². The maximum Gasteiger partial charge on any atom is 0.416 e. The second-order valence-corrected chi connectivity index (χ2v) is 8.62. The Labute approximate surface area is 179 Å². The standard InChI is InChI=1S/C20H14F3N5O3S/c21-20(22,23)14-2-1-3-16(8-14)32(30,31)17-5-4-15(25-11-17)10-26-18(29)13-9-27-19-24-6-7-28(19)12-13/h1-9,11-12H,10H2,(H,26,29). The summed E-state index contributed by atoms with van der Waals surface area (Å²) in [4.78, 5) is 23.6. The lowest BCUT2D eigenvalue weighted by Gasteiger charge is -2.10. The quantitative estimate of drug-likeness (QED) is 0.490. The number of hydrogen-bond acceptors (Lipinski definition) is 6. The topological polar surface area (TPSA) is 106 Å². The van der Waals surface area contributed by atoms with E-state index in [1.54, 1.807) is 23.0 Å². The van der Waals surface area contributed by atoms with E-state index in [1.807, 2.05) is 0 Å². The molecule has 0 saturated heterocycles. The van der Waals surface area contributed by atoms with Gasteiger partial charge >= 0.3 is 6.18 Å². The van der Waals surface area contributed by atoms with Crippen LogP contribution in [0.2, 0.25) is 0 Å². The largest absolute Gasteiger partial charge is 0.416 e. The average molecular weight is 461 g/mol. The number of fused-ring (bicyclic) bond motifs is 1. The van der Waals surface area contributed by atoms with Crippen LogP contribution in [0, 0.1) is 0 Å². The predicted octanol–water partition coefficient (Wildman–Crippen LogP) is 2.91. The Balaban J connectivity index is 1.47. The minimum absolute atomic E-state index is 0.00465. The second kappa shape index (κ2) is 8.04. The van der Waals surface area contributed by atoms with E-state index >= 15 is 0 Å². The third-order valence-corrected chi connectivity index (χ3v) is 6.25. The number of pyridine rings is 1. The van der Waals surface area contributed by atoms with Crippen LogP contribution in [0.3, 0.4) is 0 Å². The van der Waals surface area contributed by atoms with Gasteiger partial charge in [0.25, 0.3) is 5.91 Å².